The second-order valence-corrected chi connectivity index (χ2v) is 3.61. The van der Waals surface area contributed by atoms with Gasteiger partial charge in [0.1, 0.15) is 6.61 Å². The highest BCUT2D eigenvalue weighted by molar-refractivity contribution is 6.28. The van der Waals surface area contributed by atoms with Crippen molar-refractivity contribution in [2.75, 3.05) is 13.2 Å². The number of halogens is 1. The summed E-state index contributed by atoms with van der Waals surface area (Å²) in [6, 6.07) is 2.16. The second kappa shape index (κ2) is 4.57. The summed E-state index contributed by atoms with van der Waals surface area (Å²) in [6.07, 6.45) is 3.98. The Balaban J connectivity index is 1.85. The first kappa shape index (κ1) is 9.68. The van der Waals surface area contributed by atoms with Crippen LogP contribution >= 0.6 is 11.6 Å². The zero-order valence-corrected chi connectivity index (χ0v) is 8.50. The molecule has 1 fully saturated rings. The van der Waals surface area contributed by atoms with Crippen molar-refractivity contribution in [2.24, 2.45) is 0 Å². The Hall–Kier alpha value is -0.870. The van der Waals surface area contributed by atoms with Crippen LogP contribution in [0.1, 0.15) is 12.8 Å². The third-order valence-electron chi connectivity index (χ3n) is 2.20. The monoisotopic (exact) mass is 213 g/mol. The lowest BCUT2D eigenvalue weighted by Gasteiger charge is -2.10. The number of hydrogen-bond acceptors (Lipinski definition) is 4. The summed E-state index contributed by atoms with van der Waals surface area (Å²) in [5.41, 5.74) is 0. The zero-order chi connectivity index (χ0) is 9.80. The predicted octanol–water partition coefficient (Wildman–Crippen LogP) is 1.26. The molecule has 1 saturated heterocycles. The van der Waals surface area contributed by atoms with E-state index in [9.17, 15) is 0 Å². The van der Waals surface area contributed by atoms with Gasteiger partial charge in [0.2, 0.25) is 11.2 Å². The molecule has 0 aliphatic carbocycles. The van der Waals surface area contributed by atoms with E-state index in [2.05, 4.69) is 15.3 Å². The molecule has 1 aliphatic rings. The Bertz CT molecular complexity index is 302. The molecule has 4 nitrogen and oxygen atoms in total. The Labute approximate surface area is 87.7 Å². The van der Waals surface area contributed by atoms with Gasteiger partial charge in [0.05, 0.1) is 0 Å². The fraction of sp³-hybridized carbons (Fsp3) is 0.556. The van der Waals surface area contributed by atoms with E-state index in [0.717, 1.165) is 6.54 Å². The van der Waals surface area contributed by atoms with Crippen LogP contribution < -0.4 is 10.1 Å². The molecular formula is C9H12ClN3O. The van der Waals surface area contributed by atoms with E-state index in [-0.39, 0.29) is 5.28 Å². The lowest BCUT2D eigenvalue weighted by molar-refractivity contribution is 0.267. The standard InChI is InChI=1S/C9H12ClN3O/c10-9-12-5-3-8(13-9)14-6-7-2-1-4-11-7/h3,5,7,11H,1-2,4,6H2. The molecule has 2 heterocycles. The molecule has 0 radical (unpaired) electrons. The average Bonchev–Trinajstić information content (AvgIpc) is 2.67. The highest BCUT2D eigenvalue weighted by atomic mass is 35.5. The second-order valence-electron chi connectivity index (χ2n) is 3.27. The molecule has 1 aliphatic heterocycles. The van der Waals surface area contributed by atoms with Crippen LogP contribution in [-0.2, 0) is 0 Å². The Morgan fingerprint density at radius 3 is 3.29 bits per heavy atom. The van der Waals surface area contributed by atoms with E-state index in [4.69, 9.17) is 16.3 Å². The Kier molecular flexibility index (Phi) is 3.16. The van der Waals surface area contributed by atoms with Crippen molar-refractivity contribution in [3.8, 4) is 5.88 Å². The molecule has 1 aromatic rings. The van der Waals surface area contributed by atoms with Crippen LogP contribution in [0.5, 0.6) is 5.88 Å². The summed E-state index contributed by atoms with van der Waals surface area (Å²) >= 11 is 5.62. The van der Waals surface area contributed by atoms with Crippen LogP contribution in [0.15, 0.2) is 12.3 Å². The van der Waals surface area contributed by atoms with Gasteiger partial charge in [0.15, 0.2) is 0 Å². The van der Waals surface area contributed by atoms with Crippen LogP contribution in [0.3, 0.4) is 0 Å². The number of hydrogen-bond donors (Lipinski definition) is 1. The summed E-state index contributed by atoms with van der Waals surface area (Å²) < 4.78 is 5.47. The van der Waals surface area contributed by atoms with Gasteiger partial charge in [-0.15, -0.1) is 0 Å². The SMILES string of the molecule is Clc1nccc(OCC2CCCN2)n1. The summed E-state index contributed by atoms with van der Waals surface area (Å²) in [4.78, 5) is 7.72. The maximum Gasteiger partial charge on any atom is 0.225 e. The number of ether oxygens (including phenoxy) is 1. The van der Waals surface area contributed by atoms with Crippen molar-refractivity contribution in [3.63, 3.8) is 0 Å². The average molecular weight is 214 g/mol. The minimum absolute atomic E-state index is 0.224. The fourth-order valence-electron chi connectivity index (χ4n) is 1.48. The third-order valence-corrected chi connectivity index (χ3v) is 2.38. The number of nitrogens with zero attached hydrogens (tertiary/aromatic N) is 2. The van der Waals surface area contributed by atoms with Crippen molar-refractivity contribution in [3.05, 3.63) is 17.5 Å². The molecular weight excluding hydrogens is 202 g/mol. The van der Waals surface area contributed by atoms with Gasteiger partial charge in [-0.3, -0.25) is 0 Å². The van der Waals surface area contributed by atoms with Crippen LogP contribution in [0, 0.1) is 0 Å². The normalized spacial score (nSPS) is 21.1. The van der Waals surface area contributed by atoms with Crippen LogP contribution in [0.4, 0.5) is 0 Å². The predicted molar refractivity (Wildman–Crippen MR) is 53.6 cm³/mol. The largest absolute Gasteiger partial charge is 0.476 e. The molecule has 5 heteroatoms. The molecule has 1 N–H and O–H groups in total. The van der Waals surface area contributed by atoms with Crippen molar-refractivity contribution < 1.29 is 4.74 Å². The molecule has 1 unspecified atom stereocenters. The first-order valence-electron chi connectivity index (χ1n) is 4.69. The van der Waals surface area contributed by atoms with Gasteiger partial charge in [-0.1, -0.05) is 0 Å². The number of aromatic nitrogens is 2. The summed E-state index contributed by atoms with van der Waals surface area (Å²) in [6.45, 7) is 1.73. The van der Waals surface area contributed by atoms with Crippen molar-refractivity contribution in [1.29, 1.82) is 0 Å². The lowest BCUT2D eigenvalue weighted by atomic mass is 10.2. The highest BCUT2D eigenvalue weighted by Crippen LogP contribution is 2.11. The molecule has 0 amide bonds. The third kappa shape index (κ3) is 2.56. The maximum atomic E-state index is 5.62. The molecule has 0 bridgehead atoms. The quantitative estimate of drug-likeness (QED) is 0.768. The van der Waals surface area contributed by atoms with Crippen LogP contribution in [-0.4, -0.2) is 29.2 Å². The zero-order valence-electron chi connectivity index (χ0n) is 7.74. The summed E-state index contributed by atoms with van der Waals surface area (Å²) in [5.74, 6) is 0.540. The fourth-order valence-corrected chi connectivity index (χ4v) is 1.62. The Morgan fingerprint density at radius 1 is 1.64 bits per heavy atom. The molecule has 2 rings (SSSR count). The van der Waals surface area contributed by atoms with Gasteiger partial charge in [-0.05, 0) is 31.0 Å². The molecule has 0 aromatic carbocycles. The molecule has 1 aromatic heterocycles. The summed E-state index contributed by atoms with van der Waals surface area (Å²) in [5, 5.41) is 3.56. The topological polar surface area (TPSA) is 47.0 Å². The maximum absolute atomic E-state index is 5.62. The van der Waals surface area contributed by atoms with E-state index in [1.807, 2.05) is 0 Å². The minimum atomic E-state index is 0.224. The van der Waals surface area contributed by atoms with Crippen LogP contribution in [0.2, 0.25) is 5.28 Å². The highest BCUT2D eigenvalue weighted by Gasteiger charge is 2.14. The van der Waals surface area contributed by atoms with Gasteiger partial charge in [0.25, 0.3) is 0 Å². The van der Waals surface area contributed by atoms with Gasteiger partial charge >= 0.3 is 0 Å². The molecule has 1 atom stereocenters. The number of rotatable bonds is 3. The number of nitrogens with one attached hydrogen (secondary N) is 1. The van der Waals surface area contributed by atoms with E-state index in [0.29, 0.717) is 18.5 Å². The van der Waals surface area contributed by atoms with Crippen molar-refractivity contribution in [2.45, 2.75) is 18.9 Å². The smallest absolute Gasteiger partial charge is 0.225 e. The first-order chi connectivity index (χ1) is 6.84. The molecule has 14 heavy (non-hydrogen) atoms. The lowest BCUT2D eigenvalue weighted by Crippen LogP contribution is -2.28. The Morgan fingerprint density at radius 2 is 2.57 bits per heavy atom. The van der Waals surface area contributed by atoms with Crippen LogP contribution in [0.25, 0.3) is 0 Å². The van der Waals surface area contributed by atoms with Gasteiger partial charge in [0, 0.05) is 18.3 Å². The molecule has 76 valence electrons. The first-order valence-corrected chi connectivity index (χ1v) is 5.07. The molecule has 0 spiro atoms. The van der Waals surface area contributed by atoms with Crippen molar-refractivity contribution in [1.82, 2.24) is 15.3 Å². The van der Waals surface area contributed by atoms with E-state index in [1.165, 1.54) is 12.8 Å². The van der Waals surface area contributed by atoms with E-state index < -0.39 is 0 Å². The minimum Gasteiger partial charge on any atom is -0.476 e. The van der Waals surface area contributed by atoms with Gasteiger partial charge in [-0.25, -0.2) is 4.98 Å². The van der Waals surface area contributed by atoms with Gasteiger partial charge < -0.3 is 10.1 Å². The van der Waals surface area contributed by atoms with Crippen molar-refractivity contribution >= 4 is 11.6 Å². The van der Waals surface area contributed by atoms with E-state index >= 15 is 0 Å². The molecule has 0 saturated carbocycles. The van der Waals surface area contributed by atoms with E-state index in [1.54, 1.807) is 12.3 Å². The van der Waals surface area contributed by atoms with Gasteiger partial charge in [-0.2, -0.15) is 4.98 Å². The summed E-state index contributed by atoms with van der Waals surface area (Å²) in [7, 11) is 0.